The number of Topliss-reactive ketones (excluding diaryl/α,β-unsaturated/α-hetero) is 1. The molecule has 1 unspecified atom stereocenters. The van der Waals surface area contributed by atoms with Crippen LogP contribution in [0, 0.1) is 0 Å². The topological polar surface area (TPSA) is 69.4 Å². The van der Waals surface area contributed by atoms with Gasteiger partial charge in [-0.15, -0.1) is 0 Å². The van der Waals surface area contributed by atoms with Gasteiger partial charge in [0.1, 0.15) is 12.6 Å². The Labute approximate surface area is 70.5 Å². The van der Waals surface area contributed by atoms with E-state index in [2.05, 4.69) is 17.4 Å². The van der Waals surface area contributed by atoms with Crippen LogP contribution in [0.5, 0.6) is 0 Å². The van der Waals surface area contributed by atoms with Gasteiger partial charge >= 0.3 is 5.97 Å². The number of rotatable bonds is 4. The lowest BCUT2D eigenvalue weighted by molar-refractivity contribution is -0.148. The Morgan fingerprint density at radius 1 is 1.64 bits per heavy atom. The number of carbonyl (C=O) groups excluding carboxylic acids is 2. The number of nitrogens with two attached hydrogens (primary N) is 1. The maximum absolute atomic E-state index is 10.7. The van der Waals surface area contributed by atoms with Crippen LogP contribution in [0.3, 0.4) is 0 Å². The van der Waals surface area contributed by atoms with Gasteiger partial charge in [0.2, 0.25) is 0 Å². The number of hydrogen-bond donors (Lipinski definition) is 2. The smallest absolute Gasteiger partial charge is 0.324 e. The minimum atomic E-state index is -0.738. The molecule has 11 heavy (non-hydrogen) atoms. The van der Waals surface area contributed by atoms with Crippen LogP contribution < -0.4 is 5.73 Å². The molecule has 0 aliphatic heterocycles. The molecular formula is C6H11NO3S. The van der Waals surface area contributed by atoms with Crippen LogP contribution in [0.25, 0.3) is 0 Å². The highest BCUT2D eigenvalue weighted by atomic mass is 32.1. The van der Waals surface area contributed by atoms with Crippen LogP contribution in [0.4, 0.5) is 0 Å². The van der Waals surface area contributed by atoms with Gasteiger partial charge in [-0.2, -0.15) is 12.6 Å². The summed E-state index contributed by atoms with van der Waals surface area (Å²) in [5, 5.41) is 0. The third-order valence-corrected chi connectivity index (χ3v) is 1.31. The monoisotopic (exact) mass is 177 g/mol. The van der Waals surface area contributed by atoms with Gasteiger partial charge in [-0.25, -0.2) is 0 Å². The van der Waals surface area contributed by atoms with Crippen molar-refractivity contribution in [1.29, 1.82) is 0 Å². The van der Waals surface area contributed by atoms with Crippen molar-refractivity contribution in [3.05, 3.63) is 0 Å². The van der Waals surface area contributed by atoms with Gasteiger partial charge in [0.15, 0.2) is 5.78 Å². The number of thiol groups is 1. The summed E-state index contributed by atoms with van der Waals surface area (Å²) in [5.41, 5.74) is 5.24. The summed E-state index contributed by atoms with van der Waals surface area (Å²) in [4.78, 5) is 21.1. The predicted octanol–water partition coefficient (Wildman–Crippen LogP) is -0.624. The first-order valence-electron chi connectivity index (χ1n) is 3.10. The standard InChI is InChI=1S/C6H11NO3S/c1-4(8)2-10-6(9)5(7)3-11/h5,11H,2-3,7H2,1H3. The normalized spacial score (nSPS) is 12.3. The molecule has 0 aromatic heterocycles. The van der Waals surface area contributed by atoms with E-state index in [1.807, 2.05) is 0 Å². The SMILES string of the molecule is CC(=O)COC(=O)C(N)CS. The van der Waals surface area contributed by atoms with Crippen LogP contribution in [0.15, 0.2) is 0 Å². The second-order valence-corrected chi connectivity index (χ2v) is 2.46. The van der Waals surface area contributed by atoms with Gasteiger partial charge in [-0.1, -0.05) is 0 Å². The van der Waals surface area contributed by atoms with Crippen LogP contribution >= 0.6 is 12.6 Å². The average Bonchev–Trinajstić information content (AvgIpc) is 1.98. The van der Waals surface area contributed by atoms with E-state index >= 15 is 0 Å². The zero-order chi connectivity index (χ0) is 8.85. The van der Waals surface area contributed by atoms with E-state index < -0.39 is 12.0 Å². The second-order valence-electron chi connectivity index (χ2n) is 2.10. The first kappa shape index (κ1) is 10.4. The minimum Gasteiger partial charge on any atom is -0.457 e. The molecule has 0 bridgehead atoms. The molecule has 0 saturated heterocycles. The Balaban J connectivity index is 3.60. The summed E-state index contributed by atoms with van der Waals surface area (Å²) in [6.07, 6.45) is 0. The molecule has 4 nitrogen and oxygen atoms in total. The highest BCUT2D eigenvalue weighted by Gasteiger charge is 2.12. The quantitative estimate of drug-likeness (QED) is 0.443. The Morgan fingerprint density at radius 2 is 2.18 bits per heavy atom. The van der Waals surface area contributed by atoms with E-state index in [0.717, 1.165) is 0 Å². The Bertz CT molecular complexity index is 160. The van der Waals surface area contributed by atoms with Crippen molar-refractivity contribution in [1.82, 2.24) is 0 Å². The zero-order valence-electron chi connectivity index (χ0n) is 6.24. The van der Waals surface area contributed by atoms with E-state index in [-0.39, 0.29) is 18.1 Å². The molecule has 0 aromatic carbocycles. The summed E-state index contributed by atoms with van der Waals surface area (Å²) >= 11 is 3.79. The molecule has 1 atom stereocenters. The van der Waals surface area contributed by atoms with E-state index in [0.29, 0.717) is 0 Å². The molecule has 0 fully saturated rings. The molecule has 64 valence electrons. The van der Waals surface area contributed by atoms with E-state index in [1.54, 1.807) is 0 Å². The number of esters is 1. The third-order valence-electron chi connectivity index (χ3n) is 0.917. The summed E-state index contributed by atoms with van der Waals surface area (Å²) in [6, 6.07) is -0.738. The molecule has 0 radical (unpaired) electrons. The maximum Gasteiger partial charge on any atom is 0.324 e. The lowest BCUT2D eigenvalue weighted by Gasteiger charge is -2.06. The maximum atomic E-state index is 10.7. The van der Waals surface area contributed by atoms with Crippen LogP contribution in [-0.2, 0) is 14.3 Å². The fourth-order valence-corrected chi connectivity index (χ4v) is 0.503. The fraction of sp³-hybridized carbons (Fsp3) is 0.667. The first-order valence-corrected chi connectivity index (χ1v) is 3.73. The lowest BCUT2D eigenvalue weighted by Crippen LogP contribution is -2.34. The number of carbonyl (C=O) groups is 2. The van der Waals surface area contributed by atoms with E-state index in [9.17, 15) is 9.59 Å². The number of hydrogen-bond acceptors (Lipinski definition) is 5. The summed E-state index contributed by atoms with van der Waals surface area (Å²) in [5.74, 6) is -0.573. The average molecular weight is 177 g/mol. The van der Waals surface area contributed by atoms with Crippen molar-refractivity contribution in [2.45, 2.75) is 13.0 Å². The summed E-state index contributed by atoms with van der Waals surface area (Å²) in [6.45, 7) is 1.12. The molecule has 0 saturated carbocycles. The molecule has 0 spiro atoms. The zero-order valence-corrected chi connectivity index (χ0v) is 7.14. The van der Waals surface area contributed by atoms with Gasteiger partial charge in [-0.3, -0.25) is 9.59 Å². The van der Waals surface area contributed by atoms with E-state index in [1.165, 1.54) is 6.92 Å². The van der Waals surface area contributed by atoms with Gasteiger partial charge in [0, 0.05) is 5.75 Å². The van der Waals surface area contributed by atoms with Gasteiger partial charge in [-0.05, 0) is 6.92 Å². The Morgan fingerprint density at radius 3 is 2.55 bits per heavy atom. The fourth-order valence-electron chi connectivity index (χ4n) is 0.354. The van der Waals surface area contributed by atoms with Gasteiger partial charge < -0.3 is 10.5 Å². The van der Waals surface area contributed by atoms with Crippen LogP contribution in [0.2, 0.25) is 0 Å². The van der Waals surface area contributed by atoms with Crippen molar-refractivity contribution >= 4 is 24.4 Å². The minimum absolute atomic E-state index is 0.204. The lowest BCUT2D eigenvalue weighted by atomic mass is 10.4. The molecule has 0 aliphatic carbocycles. The molecule has 0 aromatic rings. The second kappa shape index (κ2) is 5.15. The molecule has 2 N–H and O–H groups in total. The third kappa shape index (κ3) is 4.80. The molecular weight excluding hydrogens is 166 g/mol. The summed E-state index contributed by atoms with van der Waals surface area (Å²) in [7, 11) is 0. The van der Waals surface area contributed by atoms with E-state index in [4.69, 9.17) is 5.73 Å². The van der Waals surface area contributed by atoms with Gasteiger partial charge in [0.25, 0.3) is 0 Å². The highest BCUT2D eigenvalue weighted by Crippen LogP contribution is 1.88. The molecule has 0 amide bonds. The number of ether oxygens (including phenoxy) is 1. The van der Waals surface area contributed by atoms with Crippen molar-refractivity contribution in [2.24, 2.45) is 5.73 Å². The van der Waals surface area contributed by atoms with Crippen molar-refractivity contribution in [3.8, 4) is 0 Å². The molecule has 5 heteroatoms. The van der Waals surface area contributed by atoms with Crippen molar-refractivity contribution in [3.63, 3.8) is 0 Å². The molecule has 0 rings (SSSR count). The number of ketones is 1. The van der Waals surface area contributed by atoms with Crippen LogP contribution in [0.1, 0.15) is 6.92 Å². The molecule has 0 aliphatic rings. The predicted molar refractivity (Wildman–Crippen MR) is 43.5 cm³/mol. The summed E-state index contributed by atoms with van der Waals surface area (Å²) < 4.78 is 4.49. The Kier molecular flexibility index (Phi) is 4.89. The van der Waals surface area contributed by atoms with Crippen molar-refractivity contribution < 1.29 is 14.3 Å². The van der Waals surface area contributed by atoms with Crippen molar-refractivity contribution in [2.75, 3.05) is 12.4 Å². The Hall–Kier alpha value is -0.550. The van der Waals surface area contributed by atoms with Gasteiger partial charge in [0.05, 0.1) is 0 Å². The largest absolute Gasteiger partial charge is 0.457 e. The molecule has 0 heterocycles. The first-order chi connectivity index (χ1) is 5.07. The highest BCUT2D eigenvalue weighted by molar-refractivity contribution is 7.80. The van der Waals surface area contributed by atoms with Crippen LogP contribution in [-0.4, -0.2) is 30.2 Å².